The molecule has 25 heavy (non-hydrogen) atoms. The molecule has 2 amide bonds. The number of hydrogen-bond donors (Lipinski definition) is 0. The molecule has 3 rings (SSSR count). The van der Waals surface area contributed by atoms with Crippen LogP contribution in [-0.2, 0) is 16.1 Å². The maximum atomic E-state index is 13.3. The Hall–Kier alpha value is -2.56. The van der Waals surface area contributed by atoms with E-state index in [4.69, 9.17) is 4.42 Å². The van der Waals surface area contributed by atoms with Gasteiger partial charge in [-0.15, -0.1) is 0 Å². The van der Waals surface area contributed by atoms with Gasteiger partial charge in [0.05, 0.1) is 12.5 Å². The number of carbonyl (C=O) groups is 2. The van der Waals surface area contributed by atoms with Crippen LogP contribution in [0.1, 0.15) is 43.4 Å². The maximum Gasteiger partial charge on any atom is 0.250 e. The molecule has 0 bridgehead atoms. The van der Waals surface area contributed by atoms with E-state index in [2.05, 4.69) is 0 Å². The molecule has 2 heterocycles. The molecule has 0 radical (unpaired) electrons. The summed E-state index contributed by atoms with van der Waals surface area (Å²) in [5.74, 6) is 0.0259. The van der Waals surface area contributed by atoms with Crippen molar-refractivity contribution in [2.45, 2.75) is 38.8 Å². The summed E-state index contributed by atoms with van der Waals surface area (Å²) in [7, 11) is 0. The minimum atomic E-state index is -0.555. The highest BCUT2D eigenvalue weighted by atomic mass is 16.3. The minimum Gasteiger partial charge on any atom is -0.472 e. The molecule has 1 saturated heterocycles. The molecule has 0 N–H and O–H groups in total. The van der Waals surface area contributed by atoms with Gasteiger partial charge in [0, 0.05) is 31.6 Å². The van der Waals surface area contributed by atoms with Crippen molar-refractivity contribution in [3.63, 3.8) is 0 Å². The number of nitrogens with zero attached hydrogens (tertiary/aromatic N) is 2. The number of amides is 2. The SMILES string of the molecule is CCN(Cc1ccoc1)C(=O)[C@H](c1ccccc1)N1CCCCC1=O. The summed E-state index contributed by atoms with van der Waals surface area (Å²) in [6.07, 6.45) is 5.62. The Morgan fingerprint density at radius 2 is 2.04 bits per heavy atom. The lowest BCUT2D eigenvalue weighted by Gasteiger charge is -2.36. The number of furan rings is 1. The molecule has 0 spiro atoms. The van der Waals surface area contributed by atoms with Gasteiger partial charge in [-0.1, -0.05) is 30.3 Å². The molecular weight excluding hydrogens is 316 g/mol. The molecule has 1 fully saturated rings. The molecule has 5 nitrogen and oxygen atoms in total. The fourth-order valence-electron chi connectivity index (χ4n) is 3.31. The van der Waals surface area contributed by atoms with E-state index in [-0.39, 0.29) is 11.8 Å². The topological polar surface area (TPSA) is 53.8 Å². The van der Waals surface area contributed by atoms with E-state index in [0.717, 1.165) is 24.0 Å². The highest BCUT2D eigenvalue weighted by Crippen LogP contribution is 2.28. The molecule has 1 aliphatic heterocycles. The first kappa shape index (κ1) is 17.3. The summed E-state index contributed by atoms with van der Waals surface area (Å²) >= 11 is 0. The number of piperidine rings is 1. The zero-order chi connectivity index (χ0) is 17.6. The van der Waals surface area contributed by atoms with E-state index in [0.29, 0.717) is 26.1 Å². The standard InChI is InChI=1S/C20H24N2O3/c1-2-21(14-16-11-13-25-15-16)20(24)19(17-8-4-3-5-9-17)22-12-7-6-10-18(22)23/h3-5,8-9,11,13,15,19H,2,6-7,10,12,14H2,1H3/t19-/m0/s1. The number of likely N-dealkylation sites (tertiary alicyclic amines) is 1. The number of hydrogen-bond acceptors (Lipinski definition) is 3. The third-order valence-electron chi connectivity index (χ3n) is 4.67. The van der Waals surface area contributed by atoms with E-state index in [9.17, 15) is 9.59 Å². The normalized spacial score (nSPS) is 15.9. The molecule has 1 atom stereocenters. The minimum absolute atomic E-state index is 0.0369. The number of benzene rings is 1. The fraction of sp³-hybridized carbons (Fsp3) is 0.400. The van der Waals surface area contributed by atoms with Gasteiger partial charge in [0.2, 0.25) is 11.8 Å². The van der Waals surface area contributed by atoms with E-state index in [1.54, 1.807) is 22.3 Å². The lowest BCUT2D eigenvalue weighted by molar-refractivity contribution is -0.148. The van der Waals surface area contributed by atoms with Crippen LogP contribution in [0.25, 0.3) is 0 Å². The molecule has 1 aromatic heterocycles. The summed E-state index contributed by atoms with van der Waals surface area (Å²) in [5, 5.41) is 0. The van der Waals surface area contributed by atoms with E-state index >= 15 is 0 Å². The Morgan fingerprint density at radius 3 is 2.68 bits per heavy atom. The highest BCUT2D eigenvalue weighted by molar-refractivity contribution is 5.89. The quantitative estimate of drug-likeness (QED) is 0.810. The van der Waals surface area contributed by atoms with Crippen LogP contribution in [0, 0.1) is 0 Å². The Balaban J connectivity index is 1.89. The van der Waals surface area contributed by atoms with Crippen LogP contribution < -0.4 is 0 Å². The molecule has 5 heteroatoms. The second-order valence-corrected chi connectivity index (χ2v) is 6.34. The molecule has 1 aromatic carbocycles. The predicted octanol–water partition coefficient (Wildman–Crippen LogP) is 3.38. The first-order valence-corrected chi connectivity index (χ1v) is 8.85. The van der Waals surface area contributed by atoms with Crippen LogP contribution in [0.5, 0.6) is 0 Å². The molecule has 0 aliphatic carbocycles. The molecule has 2 aromatic rings. The van der Waals surface area contributed by atoms with Crippen molar-refractivity contribution in [2.24, 2.45) is 0 Å². The second kappa shape index (κ2) is 8.01. The average molecular weight is 340 g/mol. The zero-order valence-corrected chi connectivity index (χ0v) is 14.6. The lowest BCUT2D eigenvalue weighted by Crippen LogP contribution is -2.47. The van der Waals surface area contributed by atoms with Crippen LogP contribution in [-0.4, -0.2) is 34.7 Å². The lowest BCUT2D eigenvalue weighted by atomic mass is 9.99. The molecule has 0 saturated carbocycles. The summed E-state index contributed by atoms with van der Waals surface area (Å²) in [4.78, 5) is 29.4. The number of likely N-dealkylation sites (N-methyl/N-ethyl adjacent to an activating group) is 1. The van der Waals surface area contributed by atoms with Crippen molar-refractivity contribution in [3.05, 3.63) is 60.1 Å². The van der Waals surface area contributed by atoms with Gasteiger partial charge < -0.3 is 14.2 Å². The maximum absolute atomic E-state index is 13.3. The molecule has 1 aliphatic rings. The first-order valence-electron chi connectivity index (χ1n) is 8.85. The van der Waals surface area contributed by atoms with Crippen LogP contribution in [0.3, 0.4) is 0 Å². The van der Waals surface area contributed by atoms with Crippen molar-refractivity contribution in [2.75, 3.05) is 13.1 Å². The third kappa shape index (κ3) is 3.92. The number of carbonyl (C=O) groups excluding carboxylic acids is 2. The van der Waals surface area contributed by atoms with Gasteiger partial charge >= 0.3 is 0 Å². The zero-order valence-electron chi connectivity index (χ0n) is 14.6. The van der Waals surface area contributed by atoms with Crippen LogP contribution in [0.15, 0.2) is 53.3 Å². The monoisotopic (exact) mass is 340 g/mol. The smallest absolute Gasteiger partial charge is 0.250 e. The summed E-state index contributed by atoms with van der Waals surface area (Å²) in [6, 6.07) is 10.9. The van der Waals surface area contributed by atoms with Crippen LogP contribution >= 0.6 is 0 Å². The predicted molar refractivity (Wildman–Crippen MR) is 94.5 cm³/mol. The van der Waals surface area contributed by atoms with E-state index in [1.807, 2.05) is 43.3 Å². The molecule has 0 unspecified atom stereocenters. The van der Waals surface area contributed by atoms with Gasteiger partial charge in [0.1, 0.15) is 6.04 Å². The van der Waals surface area contributed by atoms with Gasteiger partial charge in [0.25, 0.3) is 0 Å². The summed E-state index contributed by atoms with van der Waals surface area (Å²) < 4.78 is 5.12. The highest BCUT2D eigenvalue weighted by Gasteiger charge is 2.34. The van der Waals surface area contributed by atoms with Crippen molar-refractivity contribution in [1.29, 1.82) is 0 Å². The van der Waals surface area contributed by atoms with Gasteiger partial charge in [-0.25, -0.2) is 0 Å². The van der Waals surface area contributed by atoms with E-state index < -0.39 is 6.04 Å². The summed E-state index contributed by atoms with van der Waals surface area (Å²) in [5.41, 5.74) is 1.82. The fourth-order valence-corrected chi connectivity index (χ4v) is 3.31. The van der Waals surface area contributed by atoms with Crippen LogP contribution in [0.4, 0.5) is 0 Å². The molecule has 132 valence electrons. The van der Waals surface area contributed by atoms with Crippen molar-refractivity contribution in [1.82, 2.24) is 9.80 Å². The second-order valence-electron chi connectivity index (χ2n) is 6.34. The Morgan fingerprint density at radius 1 is 1.24 bits per heavy atom. The Kier molecular flexibility index (Phi) is 5.53. The Bertz CT molecular complexity index is 697. The van der Waals surface area contributed by atoms with Gasteiger partial charge in [-0.3, -0.25) is 9.59 Å². The van der Waals surface area contributed by atoms with Crippen LogP contribution in [0.2, 0.25) is 0 Å². The average Bonchev–Trinajstić information content (AvgIpc) is 3.15. The summed E-state index contributed by atoms with van der Waals surface area (Å²) in [6.45, 7) is 3.65. The van der Waals surface area contributed by atoms with E-state index in [1.165, 1.54) is 0 Å². The van der Waals surface area contributed by atoms with Crippen molar-refractivity contribution >= 4 is 11.8 Å². The van der Waals surface area contributed by atoms with Gasteiger partial charge in [-0.2, -0.15) is 0 Å². The first-order chi connectivity index (χ1) is 12.2. The largest absolute Gasteiger partial charge is 0.472 e. The van der Waals surface area contributed by atoms with Gasteiger partial charge in [0.15, 0.2) is 0 Å². The third-order valence-corrected chi connectivity index (χ3v) is 4.67. The Labute approximate surface area is 148 Å². The molecular formula is C20H24N2O3. The van der Waals surface area contributed by atoms with Crippen molar-refractivity contribution < 1.29 is 14.0 Å². The number of rotatable bonds is 6. The van der Waals surface area contributed by atoms with Gasteiger partial charge in [-0.05, 0) is 31.4 Å². The van der Waals surface area contributed by atoms with Crippen molar-refractivity contribution in [3.8, 4) is 0 Å².